The minimum Gasteiger partial charge on any atom is -0.468 e. The van der Waals surface area contributed by atoms with Crippen LogP contribution in [0.25, 0.3) is 0 Å². The Balaban J connectivity index is 2.22. The second-order valence-electron chi connectivity index (χ2n) is 4.07. The van der Waals surface area contributed by atoms with E-state index >= 15 is 0 Å². The molecular formula is C12H13ClN2O3. The highest BCUT2D eigenvalue weighted by Crippen LogP contribution is 2.33. The highest BCUT2D eigenvalue weighted by Gasteiger charge is 2.32. The van der Waals surface area contributed by atoms with Gasteiger partial charge < -0.3 is 10.1 Å². The van der Waals surface area contributed by atoms with Gasteiger partial charge in [0.25, 0.3) is 0 Å². The predicted octanol–water partition coefficient (Wildman–Crippen LogP) is 1.48. The Hall–Kier alpha value is -1.59. The molecule has 1 aliphatic heterocycles. The molecule has 0 aliphatic carbocycles. The number of halogens is 1. The number of ether oxygens (including phenoxy) is 1. The lowest BCUT2D eigenvalue weighted by atomic mass is 10.1. The molecule has 1 aliphatic rings. The fraction of sp³-hybridized carbons (Fsp3) is 0.333. The molecule has 6 heteroatoms. The number of carbonyl (C=O) groups excluding carboxylic acids is 2. The maximum Gasteiger partial charge on any atom is 0.322 e. The SMILES string of the molecule is COC(=O)[C@H](C)NC1C(=O)Nc2ccc(Cl)cc21. The Kier molecular flexibility index (Phi) is 3.54. The van der Waals surface area contributed by atoms with Crippen molar-refractivity contribution in [2.45, 2.75) is 19.0 Å². The van der Waals surface area contributed by atoms with E-state index in [1.165, 1.54) is 7.11 Å². The summed E-state index contributed by atoms with van der Waals surface area (Å²) in [5.41, 5.74) is 1.45. The second kappa shape index (κ2) is 4.96. The molecule has 2 N–H and O–H groups in total. The van der Waals surface area contributed by atoms with Crippen molar-refractivity contribution >= 4 is 29.2 Å². The summed E-state index contributed by atoms with van der Waals surface area (Å²) in [5, 5.41) is 6.19. The summed E-state index contributed by atoms with van der Waals surface area (Å²) < 4.78 is 4.61. The quantitative estimate of drug-likeness (QED) is 0.815. The number of anilines is 1. The molecule has 1 heterocycles. The van der Waals surface area contributed by atoms with Crippen molar-refractivity contribution in [3.05, 3.63) is 28.8 Å². The minimum atomic E-state index is -0.590. The summed E-state index contributed by atoms with van der Waals surface area (Å²) in [5.74, 6) is -0.624. The van der Waals surface area contributed by atoms with Gasteiger partial charge in [-0.05, 0) is 25.1 Å². The molecule has 2 atom stereocenters. The maximum absolute atomic E-state index is 11.8. The first-order valence-corrected chi connectivity index (χ1v) is 5.85. The molecule has 0 fully saturated rings. The van der Waals surface area contributed by atoms with Crippen LogP contribution in [0.2, 0.25) is 5.02 Å². The number of benzene rings is 1. The average molecular weight is 269 g/mol. The number of esters is 1. The van der Waals surface area contributed by atoms with Gasteiger partial charge in [0, 0.05) is 16.3 Å². The molecule has 0 saturated heterocycles. The number of hydrogen-bond donors (Lipinski definition) is 2. The van der Waals surface area contributed by atoms with Gasteiger partial charge >= 0.3 is 5.97 Å². The molecule has 1 amide bonds. The topological polar surface area (TPSA) is 67.4 Å². The summed E-state index contributed by atoms with van der Waals surface area (Å²) in [4.78, 5) is 23.2. The van der Waals surface area contributed by atoms with Crippen molar-refractivity contribution < 1.29 is 14.3 Å². The van der Waals surface area contributed by atoms with Gasteiger partial charge in [0.1, 0.15) is 12.1 Å². The Morgan fingerprint density at radius 2 is 2.28 bits per heavy atom. The molecule has 2 rings (SSSR count). The van der Waals surface area contributed by atoms with Crippen LogP contribution in [0.4, 0.5) is 5.69 Å². The van der Waals surface area contributed by atoms with Crippen LogP contribution < -0.4 is 10.6 Å². The first-order valence-electron chi connectivity index (χ1n) is 5.47. The molecule has 1 aromatic carbocycles. The summed E-state index contributed by atoms with van der Waals surface area (Å²) >= 11 is 5.90. The Bertz CT molecular complexity index is 504. The van der Waals surface area contributed by atoms with Gasteiger partial charge in [0.15, 0.2) is 0 Å². The highest BCUT2D eigenvalue weighted by molar-refractivity contribution is 6.31. The van der Waals surface area contributed by atoms with Crippen molar-refractivity contribution in [1.29, 1.82) is 0 Å². The van der Waals surface area contributed by atoms with Crippen LogP contribution >= 0.6 is 11.6 Å². The van der Waals surface area contributed by atoms with E-state index in [1.54, 1.807) is 25.1 Å². The lowest BCUT2D eigenvalue weighted by Gasteiger charge is -2.16. The van der Waals surface area contributed by atoms with E-state index in [0.717, 1.165) is 5.56 Å². The first-order chi connectivity index (χ1) is 8.52. The number of hydrogen-bond acceptors (Lipinski definition) is 4. The van der Waals surface area contributed by atoms with Gasteiger partial charge in [-0.2, -0.15) is 0 Å². The summed E-state index contributed by atoms with van der Waals surface area (Å²) in [6.07, 6.45) is 0. The van der Waals surface area contributed by atoms with E-state index < -0.39 is 18.1 Å². The van der Waals surface area contributed by atoms with Crippen LogP contribution in [0.1, 0.15) is 18.5 Å². The third-order valence-electron chi connectivity index (χ3n) is 2.82. The molecule has 1 unspecified atom stereocenters. The third kappa shape index (κ3) is 2.32. The van der Waals surface area contributed by atoms with Crippen molar-refractivity contribution in [3.8, 4) is 0 Å². The van der Waals surface area contributed by atoms with Gasteiger partial charge in [-0.15, -0.1) is 0 Å². The number of rotatable bonds is 3. The van der Waals surface area contributed by atoms with Gasteiger partial charge in [-0.1, -0.05) is 11.6 Å². The normalized spacial score (nSPS) is 19.1. The summed E-state index contributed by atoms with van der Waals surface area (Å²) in [6, 6.07) is 3.98. The molecule has 1 aromatic rings. The van der Waals surface area contributed by atoms with E-state index in [1.807, 2.05) is 0 Å². The molecule has 0 bridgehead atoms. The van der Waals surface area contributed by atoms with E-state index in [0.29, 0.717) is 10.7 Å². The molecule has 0 radical (unpaired) electrons. The average Bonchev–Trinajstić information content (AvgIpc) is 2.65. The van der Waals surface area contributed by atoms with Crippen LogP contribution in [0.5, 0.6) is 0 Å². The minimum absolute atomic E-state index is 0.206. The van der Waals surface area contributed by atoms with Crippen LogP contribution in [-0.4, -0.2) is 25.0 Å². The van der Waals surface area contributed by atoms with Gasteiger partial charge in [-0.25, -0.2) is 0 Å². The molecule has 0 saturated carbocycles. The van der Waals surface area contributed by atoms with E-state index in [9.17, 15) is 9.59 Å². The van der Waals surface area contributed by atoms with Crippen molar-refractivity contribution in [2.24, 2.45) is 0 Å². The summed E-state index contributed by atoms with van der Waals surface area (Å²) in [6.45, 7) is 1.64. The molecular weight excluding hydrogens is 256 g/mol. The zero-order chi connectivity index (χ0) is 13.3. The monoisotopic (exact) mass is 268 g/mol. The summed E-state index contributed by atoms with van der Waals surface area (Å²) in [7, 11) is 1.31. The molecule has 0 spiro atoms. The number of amides is 1. The van der Waals surface area contributed by atoms with Crippen molar-refractivity contribution in [3.63, 3.8) is 0 Å². The van der Waals surface area contributed by atoms with E-state index in [4.69, 9.17) is 11.6 Å². The lowest BCUT2D eigenvalue weighted by molar-refractivity contribution is -0.142. The molecule has 18 heavy (non-hydrogen) atoms. The molecule has 5 nitrogen and oxygen atoms in total. The van der Waals surface area contributed by atoms with Crippen LogP contribution in [0.15, 0.2) is 18.2 Å². The van der Waals surface area contributed by atoms with Gasteiger partial charge in [0.05, 0.1) is 7.11 Å². The third-order valence-corrected chi connectivity index (χ3v) is 3.05. The maximum atomic E-state index is 11.8. The zero-order valence-electron chi connectivity index (χ0n) is 9.99. The largest absolute Gasteiger partial charge is 0.468 e. The van der Waals surface area contributed by atoms with Crippen LogP contribution in [-0.2, 0) is 14.3 Å². The van der Waals surface area contributed by atoms with Gasteiger partial charge in [0.2, 0.25) is 5.91 Å². The van der Waals surface area contributed by atoms with Crippen molar-refractivity contribution in [2.75, 3.05) is 12.4 Å². The van der Waals surface area contributed by atoms with Crippen molar-refractivity contribution in [1.82, 2.24) is 5.32 Å². The van der Waals surface area contributed by atoms with E-state index in [2.05, 4.69) is 15.4 Å². The lowest BCUT2D eigenvalue weighted by Crippen LogP contribution is -2.40. The van der Waals surface area contributed by atoms with Crippen LogP contribution in [0, 0.1) is 0 Å². The Morgan fingerprint density at radius 1 is 1.56 bits per heavy atom. The molecule has 0 aromatic heterocycles. The number of fused-ring (bicyclic) bond motifs is 1. The number of nitrogens with one attached hydrogen (secondary N) is 2. The van der Waals surface area contributed by atoms with Gasteiger partial charge in [-0.3, -0.25) is 14.9 Å². The Morgan fingerprint density at radius 3 is 2.94 bits per heavy atom. The first kappa shape index (κ1) is 12.9. The second-order valence-corrected chi connectivity index (χ2v) is 4.50. The fourth-order valence-corrected chi connectivity index (χ4v) is 2.07. The number of methoxy groups -OCH3 is 1. The Labute approximate surface area is 109 Å². The number of carbonyl (C=O) groups is 2. The molecule has 96 valence electrons. The predicted molar refractivity (Wildman–Crippen MR) is 67.4 cm³/mol. The van der Waals surface area contributed by atoms with E-state index in [-0.39, 0.29) is 5.91 Å². The standard InChI is InChI=1S/C12H13ClN2O3/c1-6(12(17)18-2)14-10-8-5-7(13)3-4-9(8)15-11(10)16/h3-6,10,14H,1-2H3,(H,15,16)/t6-,10?/m0/s1. The van der Waals surface area contributed by atoms with Crippen LogP contribution in [0.3, 0.4) is 0 Å². The fourth-order valence-electron chi connectivity index (χ4n) is 1.89. The zero-order valence-corrected chi connectivity index (χ0v) is 10.7. The smallest absolute Gasteiger partial charge is 0.322 e. The highest BCUT2D eigenvalue weighted by atomic mass is 35.5.